The van der Waals surface area contributed by atoms with E-state index in [9.17, 15) is 0 Å². The highest BCUT2D eigenvalue weighted by Gasteiger charge is 2.55. The van der Waals surface area contributed by atoms with Crippen molar-refractivity contribution in [2.45, 2.75) is 103 Å². The van der Waals surface area contributed by atoms with Crippen LogP contribution in [0.1, 0.15) is 90.9 Å². The van der Waals surface area contributed by atoms with Gasteiger partial charge in [-0.1, -0.05) is 58.8 Å². The summed E-state index contributed by atoms with van der Waals surface area (Å²) in [6, 6.07) is 0.739. The lowest BCUT2D eigenvalue weighted by Gasteiger charge is -2.58. The first kappa shape index (κ1) is 17.3. The molecule has 2 atom stereocenters. The van der Waals surface area contributed by atoms with E-state index in [1.54, 1.807) is 0 Å². The van der Waals surface area contributed by atoms with Crippen molar-refractivity contribution in [3.05, 3.63) is 0 Å². The summed E-state index contributed by atoms with van der Waals surface area (Å²) in [5.41, 5.74) is 0.497. The second-order valence-electron chi connectivity index (χ2n) is 7.31. The molecule has 0 amide bonds. The van der Waals surface area contributed by atoms with Gasteiger partial charge >= 0.3 is 0 Å². The Morgan fingerprint density at radius 2 is 1.71 bits per heavy atom. The van der Waals surface area contributed by atoms with Gasteiger partial charge in [-0.05, 0) is 38.6 Å². The quantitative estimate of drug-likeness (QED) is 0.568. The Kier molecular flexibility index (Phi) is 7.53. The van der Waals surface area contributed by atoms with E-state index in [1.807, 2.05) is 0 Å². The molecule has 124 valence electrons. The van der Waals surface area contributed by atoms with Crippen LogP contribution < -0.4 is 5.32 Å². The van der Waals surface area contributed by atoms with E-state index in [4.69, 9.17) is 4.74 Å². The van der Waals surface area contributed by atoms with Crippen molar-refractivity contribution in [1.82, 2.24) is 5.32 Å². The van der Waals surface area contributed by atoms with Gasteiger partial charge in [0.2, 0.25) is 0 Å². The van der Waals surface area contributed by atoms with Crippen LogP contribution in [0.15, 0.2) is 0 Å². The van der Waals surface area contributed by atoms with Crippen molar-refractivity contribution in [2.75, 3.05) is 13.2 Å². The summed E-state index contributed by atoms with van der Waals surface area (Å²) in [5.74, 6) is 0. The Hall–Kier alpha value is -0.0800. The van der Waals surface area contributed by atoms with E-state index in [1.165, 1.54) is 83.6 Å². The number of ether oxygens (including phenoxy) is 1. The molecule has 2 rings (SSSR count). The first-order valence-electron chi connectivity index (χ1n) is 9.68. The van der Waals surface area contributed by atoms with E-state index in [-0.39, 0.29) is 0 Å². The molecule has 2 nitrogen and oxygen atoms in total. The van der Waals surface area contributed by atoms with Gasteiger partial charge < -0.3 is 10.1 Å². The van der Waals surface area contributed by atoms with Crippen molar-refractivity contribution in [1.29, 1.82) is 0 Å². The van der Waals surface area contributed by atoms with Crippen molar-refractivity contribution >= 4 is 0 Å². The first-order valence-corrected chi connectivity index (χ1v) is 9.68. The van der Waals surface area contributed by atoms with Crippen molar-refractivity contribution in [2.24, 2.45) is 5.41 Å². The monoisotopic (exact) mass is 295 g/mol. The molecule has 0 aromatic rings. The number of nitrogens with one attached hydrogen (secondary N) is 1. The van der Waals surface area contributed by atoms with E-state index < -0.39 is 0 Å². The van der Waals surface area contributed by atoms with Crippen LogP contribution >= 0.6 is 0 Å². The molecule has 0 heterocycles. The fourth-order valence-corrected chi connectivity index (χ4v) is 4.40. The van der Waals surface area contributed by atoms with E-state index in [2.05, 4.69) is 19.2 Å². The van der Waals surface area contributed by atoms with Gasteiger partial charge in [-0.15, -0.1) is 0 Å². The van der Waals surface area contributed by atoms with Gasteiger partial charge in [0.25, 0.3) is 0 Å². The van der Waals surface area contributed by atoms with Crippen molar-refractivity contribution < 1.29 is 4.74 Å². The minimum Gasteiger partial charge on any atom is -0.378 e. The topological polar surface area (TPSA) is 21.3 Å². The Labute approximate surface area is 132 Å². The van der Waals surface area contributed by atoms with Gasteiger partial charge in [0.15, 0.2) is 0 Å². The maximum absolute atomic E-state index is 6.32. The lowest BCUT2D eigenvalue weighted by molar-refractivity contribution is -0.153. The molecule has 1 N–H and O–H groups in total. The zero-order valence-electron chi connectivity index (χ0n) is 14.5. The summed E-state index contributed by atoms with van der Waals surface area (Å²) in [6.45, 7) is 6.72. The molecule has 2 unspecified atom stereocenters. The molecule has 2 aliphatic carbocycles. The Bertz CT molecular complexity index is 273. The first-order chi connectivity index (χ1) is 10.3. The third-order valence-electron chi connectivity index (χ3n) is 5.78. The highest BCUT2D eigenvalue weighted by Crippen LogP contribution is 2.53. The van der Waals surface area contributed by atoms with Gasteiger partial charge in [0.1, 0.15) is 0 Å². The smallest absolute Gasteiger partial charge is 0.0661 e. The maximum atomic E-state index is 6.32. The SMILES string of the molecule is CCCCCCCOC1CC(NCCC)C12CCCCC2. The lowest BCUT2D eigenvalue weighted by Crippen LogP contribution is -2.64. The second-order valence-corrected chi connectivity index (χ2v) is 7.31. The van der Waals surface area contributed by atoms with Crippen LogP contribution in [0.25, 0.3) is 0 Å². The molecule has 0 aromatic heterocycles. The highest BCUT2D eigenvalue weighted by atomic mass is 16.5. The van der Waals surface area contributed by atoms with Gasteiger partial charge in [0, 0.05) is 18.1 Å². The van der Waals surface area contributed by atoms with E-state index in [0.717, 1.165) is 12.6 Å². The molecule has 1 spiro atoms. The van der Waals surface area contributed by atoms with Gasteiger partial charge in [-0.2, -0.15) is 0 Å². The van der Waals surface area contributed by atoms with Crippen LogP contribution in [-0.4, -0.2) is 25.3 Å². The molecule has 0 radical (unpaired) electrons. The summed E-state index contributed by atoms with van der Waals surface area (Å²) in [5, 5.41) is 3.80. The number of rotatable bonds is 10. The number of unbranched alkanes of at least 4 members (excludes halogenated alkanes) is 4. The van der Waals surface area contributed by atoms with Crippen molar-refractivity contribution in [3.63, 3.8) is 0 Å². The standard InChI is InChI=1S/C19H37NO/c1-3-5-6-7-11-15-21-18-16-17(20-14-4-2)19(18)12-9-8-10-13-19/h17-18,20H,3-16H2,1-2H3. The second kappa shape index (κ2) is 9.15. The summed E-state index contributed by atoms with van der Waals surface area (Å²) < 4.78 is 6.32. The average molecular weight is 296 g/mol. The Morgan fingerprint density at radius 3 is 2.43 bits per heavy atom. The minimum absolute atomic E-state index is 0.497. The van der Waals surface area contributed by atoms with Crippen molar-refractivity contribution in [3.8, 4) is 0 Å². The van der Waals surface area contributed by atoms with Gasteiger partial charge in [-0.25, -0.2) is 0 Å². The third kappa shape index (κ3) is 4.45. The number of hydrogen-bond donors (Lipinski definition) is 1. The molecule has 0 saturated heterocycles. The minimum atomic E-state index is 0.497. The lowest BCUT2D eigenvalue weighted by atomic mass is 9.55. The zero-order valence-corrected chi connectivity index (χ0v) is 14.5. The molecule has 2 saturated carbocycles. The third-order valence-corrected chi connectivity index (χ3v) is 5.78. The molecule has 2 fully saturated rings. The predicted molar refractivity (Wildman–Crippen MR) is 90.7 cm³/mol. The Morgan fingerprint density at radius 1 is 0.952 bits per heavy atom. The fraction of sp³-hybridized carbons (Fsp3) is 1.00. The van der Waals surface area contributed by atoms with E-state index in [0.29, 0.717) is 11.5 Å². The summed E-state index contributed by atoms with van der Waals surface area (Å²) in [7, 11) is 0. The summed E-state index contributed by atoms with van der Waals surface area (Å²) in [4.78, 5) is 0. The normalized spacial score (nSPS) is 27.7. The Balaban J connectivity index is 1.71. The van der Waals surface area contributed by atoms with Crippen LogP contribution in [0.4, 0.5) is 0 Å². The van der Waals surface area contributed by atoms with Gasteiger partial charge in [-0.3, -0.25) is 0 Å². The number of hydrogen-bond acceptors (Lipinski definition) is 2. The van der Waals surface area contributed by atoms with Gasteiger partial charge in [0.05, 0.1) is 6.10 Å². The molecule has 0 bridgehead atoms. The van der Waals surface area contributed by atoms with Crippen LogP contribution in [0.2, 0.25) is 0 Å². The maximum Gasteiger partial charge on any atom is 0.0661 e. The predicted octanol–water partition coefficient (Wildman–Crippen LogP) is 5.06. The molecule has 0 aliphatic heterocycles. The molecule has 21 heavy (non-hydrogen) atoms. The molecular formula is C19H37NO. The molecule has 2 heteroatoms. The van der Waals surface area contributed by atoms with E-state index >= 15 is 0 Å². The fourth-order valence-electron chi connectivity index (χ4n) is 4.40. The summed E-state index contributed by atoms with van der Waals surface area (Å²) >= 11 is 0. The molecule has 0 aromatic carbocycles. The van der Waals surface area contributed by atoms with Crippen LogP contribution in [0, 0.1) is 5.41 Å². The molecule has 2 aliphatic rings. The average Bonchev–Trinajstić information content (AvgIpc) is 2.53. The van der Waals surface area contributed by atoms with Crippen LogP contribution in [0.5, 0.6) is 0 Å². The zero-order chi connectivity index (χ0) is 15.0. The van der Waals surface area contributed by atoms with Crippen LogP contribution in [0.3, 0.4) is 0 Å². The largest absolute Gasteiger partial charge is 0.378 e. The highest BCUT2D eigenvalue weighted by molar-refractivity contribution is 5.08. The van der Waals surface area contributed by atoms with Crippen LogP contribution in [-0.2, 0) is 4.74 Å². The molecular weight excluding hydrogens is 258 g/mol. The summed E-state index contributed by atoms with van der Waals surface area (Å²) in [6.07, 6.45) is 16.8.